The number of hydrogen-bond donors (Lipinski definition) is 1. The predicted molar refractivity (Wildman–Crippen MR) is 42.9 cm³/mol. The van der Waals surface area contributed by atoms with Gasteiger partial charge in [-0.05, 0) is 27.7 Å². The third kappa shape index (κ3) is 3.82. The van der Waals surface area contributed by atoms with Gasteiger partial charge in [0.15, 0.2) is 0 Å². The van der Waals surface area contributed by atoms with Crippen molar-refractivity contribution in [3.63, 3.8) is 0 Å². The van der Waals surface area contributed by atoms with Crippen LogP contribution in [0, 0.1) is 0 Å². The van der Waals surface area contributed by atoms with Gasteiger partial charge in [-0.3, -0.25) is 4.90 Å². The van der Waals surface area contributed by atoms with Crippen molar-refractivity contribution in [3.8, 4) is 0 Å². The standard InChI is InChI=1S/C7H18N2O/c1-5-9(4)6-7(10)8(2)3/h7,10H,5-6H2,1-4H3. The van der Waals surface area contributed by atoms with Crippen LogP contribution in [0.1, 0.15) is 6.92 Å². The molecular formula is C7H18N2O. The highest BCUT2D eigenvalue weighted by Gasteiger charge is 2.07. The van der Waals surface area contributed by atoms with Crippen LogP contribution in [0.5, 0.6) is 0 Å². The Morgan fingerprint density at radius 2 is 1.80 bits per heavy atom. The Balaban J connectivity index is 3.46. The molecule has 0 fully saturated rings. The fourth-order valence-electron chi connectivity index (χ4n) is 0.571. The van der Waals surface area contributed by atoms with Crippen LogP contribution in [0.2, 0.25) is 0 Å². The first-order chi connectivity index (χ1) is 4.57. The van der Waals surface area contributed by atoms with Crippen molar-refractivity contribution in [1.82, 2.24) is 9.80 Å². The van der Waals surface area contributed by atoms with Crippen LogP contribution in [-0.4, -0.2) is 55.4 Å². The van der Waals surface area contributed by atoms with Crippen molar-refractivity contribution < 1.29 is 5.11 Å². The maximum absolute atomic E-state index is 9.31. The molecule has 0 bridgehead atoms. The van der Waals surface area contributed by atoms with Gasteiger partial charge in [0, 0.05) is 6.54 Å². The van der Waals surface area contributed by atoms with Gasteiger partial charge < -0.3 is 10.0 Å². The highest BCUT2D eigenvalue weighted by Crippen LogP contribution is 1.90. The van der Waals surface area contributed by atoms with Crippen LogP contribution in [0.25, 0.3) is 0 Å². The summed E-state index contributed by atoms with van der Waals surface area (Å²) in [6.45, 7) is 3.76. The van der Waals surface area contributed by atoms with E-state index >= 15 is 0 Å². The Kier molecular flexibility index (Phi) is 4.60. The summed E-state index contributed by atoms with van der Waals surface area (Å²) in [5, 5.41) is 9.31. The van der Waals surface area contributed by atoms with Crippen LogP contribution >= 0.6 is 0 Å². The van der Waals surface area contributed by atoms with Gasteiger partial charge in [0.2, 0.25) is 0 Å². The Morgan fingerprint density at radius 1 is 1.30 bits per heavy atom. The van der Waals surface area contributed by atoms with Gasteiger partial charge >= 0.3 is 0 Å². The molecule has 0 aliphatic carbocycles. The number of aliphatic hydroxyl groups excluding tert-OH is 1. The average molecular weight is 146 g/mol. The van der Waals surface area contributed by atoms with E-state index in [1.165, 1.54) is 0 Å². The van der Waals surface area contributed by atoms with Crippen molar-refractivity contribution in [1.29, 1.82) is 0 Å². The van der Waals surface area contributed by atoms with Gasteiger partial charge in [0.1, 0.15) is 6.23 Å². The third-order valence-corrected chi connectivity index (χ3v) is 1.61. The summed E-state index contributed by atoms with van der Waals surface area (Å²) < 4.78 is 0. The lowest BCUT2D eigenvalue weighted by Crippen LogP contribution is -2.38. The van der Waals surface area contributed by atoms with Crippen LogP contribution in [0.15, 0.2) is 0 Å². The van der Waals surface area contributed by atoms with E-state index in [4.69, 9.17) is 0 Å². The predicted octanol–water partition coefficient (Wildman–Crippen LogP) is -0.182. The third-order valence-electron chi connectivity index (χ3n) is 1.61. The van der Waals surface area contributed by atoms with E-state index in [0.717, 1.165) is 6.54 Å². The quantitative estimate of drug-likeness (QED) is 0.557. The largest absolute Gasteiger partial charge is 0.377 e. The first kappa shape index (κ1) is 9.88. The fourth-order valence-corrected chi connectivity index (χ4v) is 0.571. The summed E-state index contributed by atoms with van der Waals surface area (Å²) in [6.07, 6.45) is -0.343. The molecule has 1 atom stereocenters. The maximum atomic E-state index is 9.31. The number of nitrogens with zero attached hydrogens (tertiary/aromatic N) is 2. The molecule has 0 aromatic rings. The van der Waals surface area contributed by atoms with E-state index in [9.17, 15) is 5.11 Å². The minimum absolute atomic E-state index is 0.343. The second kappa shape index (κ2) is 4.66. The van der Waals surface area contributed by atoms with Gasteiger partial charge in [-0.15, -0.1) is 0 Å². The Labute approximate surface area is 63.2 Å². The summed E-state index contributed by atoms with van der Waals surface area (Å²) in [5.41, 5.74) is 0. The Morgan fingerprint density at radius 3 is 2.10 bits per heavy atom. The summed E-state index contributed by atoms with van der Waals surface area (Å²) in [5.74, 6) is 0. The van der Waals surface area contributed by atoms with E-state index in [2.05, 4.69) is 11.8 Å². The van der Waals surface area contributed by atoms with Crippen molar-refractivity contribution in [2.45, 2.75) is 13.2 Å². The molecule has 0 saturated heterocycles. The maximum Gasteiger partial charge on any atom is 0.119 e. The fraction of sp³-hybridized carbons (Fsp3) is 1.00. The molecule has 1 N–H and O–H groups in total. The molecule has 0 spiro atoms. The van der Waals surface area contributed by atoms with Gasteiger partial charge in [-0.1, -0.05) is 6.92 Å². The van der Waals surface area contributed by atoms with E-state index in [1.54, 1.807) is 4.90 Å². The second-order valence-corrected chi connectivity index (χ2v) is 2.80. The van der Waals surface area contributed by atoms with Crippen LogP contribution in [0.3, 0.4) is 0 Å². The summed E-state index contributed by atoms with van der Waals surface area (Å²) in [6, 6.07) is 0. The monoisotopic (exact) mass is 146 g/mol. The molecule has 0 heterocycles. The first-order valence-electron chi connectivity index (χ1n) is 3.61. The molecule has 0 saturated carbocycles. The minimum Gasteiger partial charge on any atom is -0.377 e. The average Bonchev–Trinajstić information content (AvgIpc) is 1.87. The van der Waals surface area contributed by atoms with E-state index in [-0.39, 0.29) is 6.23 Å². The molecule has 0 rings (SSSR count). The normalized spacial score (nSPS) is 14.7. The van der Waals surface area contributed by atoms with Crippen LogP contribution < -0.4 is 0 Å². The summed E-state index contributed by atoms with van der Waals surface area (Å²) in [4.78, 5) is 3.87. The zero-order valence-corrected chi connectivity index (χ0v) is 7.33. The molecule has 0 radical (unpaired) electrons. The van der Waals surface area contributed by atoms with E-state index < -0.39 is 0 Å². The molecule has 0 amide bonds. The van der Waals surface area contributed by atoms with Gasteiger partial charge in [-0.2, -0.15) is 0 Å². The summed E-state index contributed by atoms with van der Waals surface area (Å²) >= 11 is 0. The molecule has 62 valence electrons. The molecule has 0 aromatic heterocycles. The smallest absolute Gasteiger partial charge is 0.119 e. The van der Waals surface area contributed by atoms with E-state index in [0.29, 0.717) is 6.54 Å². The van der Waals surface area contributed by atoms with Crippen LogP contribution in [-0.2, 0) is 0 Å². The molecule has 3 heteroatoms. The van der Waals surface area contributed by atoms with Crippen molar-refractivity contribution >= 4 is 0 Å². The highest BCUT2D eigenvalue weighted by molar-refractivity contribution is 4.56. The minimum atomic E-state index is -0.343. The number of rotatable bonds is 4. The van der Waals surface area contributed by atoms with E-state index in [1.807, 2.05) is 21.1 Å². The zero-order chi connectivity index (χ0) is 8.15. The lowest BCUT2D eigenvalue weighted by Gasteiger charge is -2.23. The highest BCUT2D eigenvalue weighted by atomic mass is 16.3. The van der Waals surface area contributed by atoms with Gasteiger partial charge in [0.05, 0.1) is 0 Å². The lowest BCUT2D eigenvalue weighted by molar-refractivity contribution is 0.0158. The molecule has 0 aliphatic heterocycles. The first-order valence-corrected chi connectivity index (χ1v) is 3.61. The Hall–Kier alpha value is -0.120. The number of aliphatic hydroxyl groups is 1. The topological polar surface area (TPSA) is 26.7 Å². The molecule has 3 nitrogen and oxygen atoms in total. The second-order valence-electron chi connectivity index (χ2n) is 2.80. The van der Waals surface area contributed by atoms with Crippen molar-refractivity contribution in [2.75, 3.05) is 34.2 Å². The van der Waals surface area contributed by atoms with Gasteiger partial charge in [0.25, 0.3) is 0 Å². The molecule has 0 aliphatic rings. The Bertz CT molecular complexity index is 85.7. The van der Waals surface area contributed by atoms with Crippen LogP contribution in [0.4, 0.5) is 0 Å². The number of likely N-dealkylation sites (N-methyl/N-ethyl adjacent to an activating group) is 2. The van der Waals surface area contributed by atoms with Crippen molar-refractivity contribution in [3.05, 3.63) is 0 Å². The molecule has 0 aromatic carbocycles. The lowest BCUT2D eigenvalue weighted by atomic mass is 10.4. The van der Waals surface area contributed by atoms with Crippen molar-refractivity contribution in [2.24, 2.45) is 0 Å². The molecule has 1 unspecified atom stereocenters. The SMILES string of the molecule is CCN(C)CC(O)N(C)C. The molecule has 10 heavy (non-hydrogen) atoms. The summed E-state index contributed by atoms with van der Waals surface area (Å²) in [7, 11) is 5.73. The zero-order valence-electron chi connectivity index (χ0n) is 7.33. The molecular weight excluding hydrogens is 128 g/mol. The van der Waals surface area contributed by atoms with Gasteiger partial charge in [-0.25, -0.2) is 0 Å². The number of hydrogen-bond acceptors (Lipinski definition) is 3.